The van der Waals surface area contributed by atoms with Crippen molar-refractivity contribution in [2.45, 2.75) is 39.2 Å². The molecule has 0 aromatic heterocycles. The van der Waals surface area contributed by atoms with Gasteiger partial charge in [-0.15, -0.1) is 0 Å². The maximum absolute atomic E-state index is 12.6. The van der Waals surface area contributed by atoms with Gasteiger partial charge >= 0.3 is 0 Å². The highest BCUT2D eigenvalue weighted by atomic mass is 16.5. The minimum Gasteiger partial charge on any atom is -0.385 e. The van der Waals surface area contributed by atoms with Crippen LogP contribution < -0.4 is 10.6 Å². The maximum Gasteiger partial charge on any atom is 0.227 e. The second kappa shape index (κ2) is 7.46. The Morgan fingerprint density at radius 3 is 2.90 bits per heavy atom. The fourth-order valence-electron chi connectivity index (χ4n) is 2.67. The molecule has 0 bridgehead atoms. The molecule has 21 heavy (non-hydrogen) atoms. The molecule has 2 atom stereocenters. The molecule has 1 aliphatic heterocycles. The first-order chi connectivity index (χ1) is 10.1. The van der Waals surface area contributed by atoms with Gasteiger partial charge in [0.1, 0.15) is 0 Å². The summed E-state index contributed by atoms with van der Waals surface area (Å²) in [6.07, 6.45) is 0.836. The molecule has 2 unspecified atom stereocenters. The van der Waals surface area contributed by atoms with Gasteiger partial charge in [-0.25, -0.2) is 0 Å². The summed E-state index contributed by atoms with van der Waals surface area (Å²) in [5, 5.41) is 6.52. The van der Waals surface area contributed by atoms with E-state index in [2.05, 4.69) is 24.5 Å². The minimum absolute atomic E-state index is 0.0645. The summed E-state index contributed by atoms with van der Waals surface area (Å²) in [7, 11) is 0. The summed E-state index contributed by atoms with van der Waals surface area (Å²) < 4.78 is 5.49. The van der Waals surface area contributed by atoms with Gasteiger partial charge in [0.05, 0.1) is 18.6 Å². The van der Waals surface area contributed by atoms with Crippen LogP contribution in [0.2, 0.25) is 0 Å². The van der Waals surface area contributed by atoms with Gasteiger partial charge in [-0.05, 0) is 30.9 Å². The number of carbonyl (C=O) groups excluding carboxylic acids is 1. The van der Waals surface area contributed by atoms with Gasteiger partial charge in [-0.1, -0.05) is 32.0 Å². The third-order valence-corrected chi connectivity index (χ3v) is 4.04. The van der Waals surface area contributed by atoms with Crippen LogP contribution in [0.15, 0.2) is 24.3 Å². The van der Waals surface area contributed by atoms with Crippen LogP contribution in [0.4, 0.5) is 5.69 Å². The molecule has 0 saturated carbocycles. The second-order valence-electron chi connectivity index (χ2n) is 5.87. The molecule has 0 spiro atoms. The summed E-state index contributed by atoms with van der Waals surface area (Å²) in [6, 6.07) is 8.14. The molecule has 4 heteroatoms. The number of hydrogen-bond acceptors (Lipinski definition) is 3. The lowest BCUT2D eigenvalue weighted by molar-refractivity contribution is -0.124. The summed E-state index contributed by atoms with van der Waals surface area (Å²) in [5.74, 6) is 0.408. The zero-order chi connectivity index (χ0) is 15.2. The monoisotopic (exact) mass is 290 g/mol. The molecular weight excluding hydrogens is 264 g/mol. The van der Waals surface area contributed by atoms with Crippen LogP contribution in [0.5, 0.6) is 0 Å². The third kappa shape index (κ3) is 3.97. The van der Waals surface area contributed by atoms with E-state index >= 15 is 0 Å². The number of benzene rings is 1. The highest BCUT2D eigenvalue weighted by Crippen LogP contribution is 2.31. The molecule has 0 fully saturated rings. The Kier molecular flexibility index (Phi) is 5.62. The van der Waals surface area contributed by atoms with Crippen molar-refractivity contribution in [3.8, 4) is 0 Å². The quantitative estimate of drug-likeness (QED) is 0.847. The van der Waals surface area contributed by atoms with Crippen LogP contribution in [0.25, 0.3) is 0 Å². The van der Waals surface area contributed by atoms with E-state index in [1.807, 2.05) is 31.2 Å². The lowest BCUT2D eigenvalue weighted by atomic mass is 9.89. The molecule has 0 aliphatic carbocycles. The molecule has 1 aliphatic rings. The third-order valence-electron chi connectivity index (χ3n) is 4.04. The van der Waals surface area contributed by atoms with E-state index in [0.717, 1.165) is 24.2 Å². The van der Waals surface area contributed by atoms with Crippen molar-refractivity contribution in [1.29, 1.82) is 0 Å². The topological polar surface area (TPSA) is 50.4 Å². The summed E-state index contributed by atoms with van der Waals surface area (Å²) >= 11 is 0. The van der Waals surface area contributed by atoms with Gasteiger partial charge in [0, 0.05) is 18.8 Å². The Hall–Kier alpha value is -1.55. The molecule has 2 rings (SSSR count). The molecule has 1 aromatic carbocycles. The van der Waals surface area contributed by atoms with E-state index in [1.54, 1.807) is 0 Å². The normalized spacial score (nSPS) is 18.8. The van der Waals surface area contributed by atoms with Crippen molar-refractivity contribution in [2.75, 3.05) is 25.1 Å². The van der Waals surface area contributed by atoms with Gasteiger partial charge in [0.15, 0.2) is 0 Å². The fraction of sp³-hybridized carbons (Fsp3) is 0.588. The zero-order valence-corrected chi connectivity index (χ0v) is 13.2. The average Bonchev–Trinajstić information content (AvgIpc) is 2.50. The number of amides is 1. The Morgan fingerprint density at radius 1 is 1.43 bits per heavy atom. The Morgan fingerprint density at radius 2 is 2.19 bits per heavy atom. The number of hydrogen-bond donors (Lipinski definition) is 2. The highest BCUT2D eigenvalue weighted by Gasteiger charge is 2.28. The number of rotatable bonds is 6. The van der Waals surface area contributed by atoms with E-state index in [0.29, 0.717) is 19.1 Å². The van der Waals surface area contributed by atoms with Crippen LogP contribution in [0.3, 0.4) is 0 Å². The van der Waals surface area contributed by atoms with Crippen molar-refractivity contribution >= 4 is 11.6 Å². The minimum atomic E-state index is -0.0645. The number of carbonyl (C=O) groups is 1. The van der Waals surface area contributed by atoms with Gasteiger partial charge < -0.3 is 15.4 Å². The Bertz CT molecular complexity index is 474. The van der Waals surface area contributed by atoms with Gasteiger partial charge in [-0.2, -0.15) is 0 Å². The van der Waals surface area contributed by atoms with Crippen molar-refractivity contribution < 1.29 is 9.53 Å². The van der Waals surface area contributed by atoms with Crippen LogP contribution >= 0.6 is 0 Å². The smallest absolute Gasteiger partial charge is 0.227 e. The number of para-hydroxylation sites is 1. The first-order valence-electron chi connectivity index (χ1n) is 7.84. The molecule has 1 amide bonds. The maximum atomic E-state index is 12.6. The van der Waals surface area contributed by atoms with Crippen LogP contribution in [0, 0.1) is 5.92 Å². The molecular formula is C17H26N2O2. The lowest BCUT2D eigenvalue weighted by Crippen LogP contribution is -2.44. The van der Waals surface area contributed by atoms with Crippen molar-refractivity contribution in [3.63, 3.8) is 0 Å². The van der Waals surface area contributed by atoms with Crippen molar-refractivity contribution in [1.82, 2.24) is 5.32 Å². The van der Waals surface area contributed by atoms with Gasteiger partial charge in [-0.3, -0.25) is 4.79 Å². The second-order valence-corrected chi connectivity index (χ2v) is 5.87. The van der Waals surface area contributed by atoms with Gasteiger partial charge in [0.2, 0.25) is 5.91 Å². The predicted octanol–water partition coefficient (Wildman–Crippen LogP) is 2.76. The highest BCUT2D eigenvalue weighted by molar-refractivity contribution is 5.86. The van der Waals surface area contributed by atoms with E-state index in [1.165, 1.54) is 0 Å². The SMILES string of the molecule is CCOCC(NC(=O)C1CCNc2ccccc21)C(C)C. The van der Waals surface area contributed by atoms with Crippen LogP contribution in [-0.4, -0.2) is 31.7 Å². The van der Waals surface area contributed by atoms with Crippen molar-refractivity contribution in [3.05, 3.63) is 29.8 Å². The van der Waals surface area contributed by atoms with Gasteiger partial charge in [0.25, 0.3) is 0 Å². The Labute approximate surface area is 127 Å². The van der Waals surface area contributed by atoms with Crippen LogP contribution in [0.1, 0.15) is 38.7 Å². The number of fused-ring (bicyclic) bond motifs is 1. The molecule has 0 radical (unpaired) electrons. The first-order valence-corrected chi connectivity index (χ1v) is 7.84. The molecule has 116 valence electrons. The van der Waals surface area contributed by atoms with E-state index in [4.69, 9.17) is 4.74 Å². The molecule has 1 aromatic rings. The summed E-state index contributed by atoms with van der Waals surface area (Å²) in [5.41, 5.74) is 2.18. The summed E-state index contributed by atoms with van der Waals surface area (Å²) in [6.45, 7) is 8.29. The number of nitrogens with one attached hydrogen (secondary N) is 2. The predicted molar refractivity (Wildman–Crippen MR) is 85.6 cm³/mol. The standard InChI is InChI=1S/C17H26N2O2/c1-4-21-11-16(12(2)3)19-17(20)14-9-10-18-15-8-6-5-7-13(14)15/h5-8,12,14,16,18H,4,9-11H2,1-3H3,(H,19,20). The number of anilines is 1. The largest absolute Gasteiger partial charge is 0.385 e. The molecule has 4 nitrogen and oxygen atoms in total. The van der Waals surface area contributed by atoms with E-state index in [9.17, 15) is 4.79 Å². The van der Waals surface area contributed by atoms with Crippen LogP contribution in [-0.2, 0) is 9.53 Å². The van der Waals surface area contributed by atoms with Crippen molar-refractivity contribution in [2.24, 2.45) is 5.92 Å². The summed E-state index contributed by atoms with van der Waals surface area (Å²) in [4.78, 5) is 12.6. The lowest BCUT2D eigenvalue weighted by Gasteiger charge is -2.29. The van der Waals surface area contributed by atoms with E-state index in [-0.39, 0.29) is 17.9 Å². The average molecular weight is 290 g/mol. The van der Waals surface area contributed by atoms with E-state index < -0.39 is 0 Å². The Balaban J connectivity index is 2.06. The molecule has 2 N–H and O–H groups in total. The zero-order valence-electron chi connectivity index (χ0n) is 13.2. The molecule has 0 saturated heterocycles. The fourth-order valence-corrected chi connectivity index (χ4v) is 2.67. The number of ether oxygens (including phenoxy) is 1. The molecule has 1 heterocycles. The first kappa shape index (κ1) is 15.8.